The van der Waals surface area contributed by atoms with E-state index in [1.54, 1.807) is 0 Å². The van der Waals surface area contributed by atoms with E-state index in [9.17, 15) is 0 Å². The van der Waals surface area contributed by atoms with Crippen molar-refractivity contribution >= 4 is 18.7 Å². The Balaban J connectivity index is 2.01. The lowest BCUT2D eigenvalue weighted by molar-refractivity contribution is 0.0259. The molecule has 1 aliphatic heterocycles. The monoisotopic (exact) mass is 366 g/mol. The number of ether oxygens (including phenoxy) is 1. The van der Waals surface area contributed by atoms with E-state index < -0.39 is 8.32 Å². The molecule has 1 heterocycles. The Morgan fingerprint density at radius 2 is 1.50 bits per heavy atom. The van der Waals surface area contributed by atoms with Gasteiger partial charge in [0.2, 0.25) is 0 Å². The van der Waals surface area contributed by atoms with E-state index >= 15 is 0 Å². The van der Waals surface area contributed by atoms with Crippen LogP contribution in [0.3, 0.4) is 0 Å². The third kappa shape index (κ3) is 3.85. The minimum absolute atomic E-state index is 0.00918. The molecule has 3 heteroatoms. The van der Waals surface area contributed by atoms with Crippen LogP contribution in [0, 0.1) is 0 Å². The highest BCUT2D eigenvalue weighted by molar-refractivity contribution is 6.99. The molecule has 2 aromatic carbocycles. The van der Waals surface area contributed by atoms with Gasteiger partial charge in [-0.25, -0.2) is 0 Å². The third-order valence-electron chi connectivity index (χ3n) is 5.22. The highest BCUT2D eigenvalue weighted by Gasteiger charge is 2.50. The summed E-state index contributed by atoms with van der Waals surface area (Å²) in [6, 6.07) is 21.6. The Morgan fingerprint density at radius 1 is 0.962 bits per heavy atom. The molecule has 3 rings (SSSR count). The second-order valence-corrected chi connectivity index (χ2v) is 12.5. The van der Waals surface area contributed by atoms with Crippen LogP contribution in [0.5, 0.6) is 0 Å². The van der Waals surface area contributed by atoms with Gasteiger partial charge in [0.25, 0.3) is 8.32 Å². The molecule has 0 saturated carbocycles. The minimum atomic E-state index is -2.45. The lowest BCUT2D eigenvalue weighted by atomic mass is 10.1. The topological polar surface area (TPSA) is 18.5 Å². The van der Waals surface area contributed by atoms with E-state index in [0.29, 0.717) is 13.2 Å². The third-order valence-corrected chi connectivity index (χ3v) is 10.2. The molecule has 0 spiro atoms. The summed E-state index contributed by atoms with van der Waals surface area (Å²) in [6.07, 6.45) is 3.26. The van der Waals surface area contributed by atoms with Crippen LogP contribution in [0.4, 0.5) is 0 Å². The molecular formula is C23H30O2Si. The number of hydrogen-bond donors (Lipinski definition) is 0. The first-order chi connectivity index (χ1) is 12.4. The second kappa shape index (κ2) is 7.91. The smallest absolute Gasteiger partial charge is 0.261 e. The standard InChI is InChI=1S/C23H30O2Si/c1-19-15-16-24-20(17-19)18-25-26(23(2,3)4,21-11-7-5-8-12-21)22-13-9-6-10-14-22/h5-15,20H,16-18H2,1-4H3/t20-/m0/s1. The maximum absolute atomic E-state index is 6.94. The average molecular weight is 367 g/mol. The van der Waals surface area contributed by atoms with Gasteiger partial charge in [-0.1, -0.05) is 93.1 Å². The molecule has 0 saturated heterocycles. The van der Waals surface area contributed by atoms with Crippen molar-refractivity contribution in [3.05, 3.63) is 72.3 Å². The molecule has 0 aromatic heterocycles. The van der Waals surface area contributed by atoms with Crippen molar-refractivity contribution in [1.82, 2.24) is 0 Å². The first-order valence-electron chi connectivity index (χ1n) is 9.46. The van der Waals surface area contributed by atoms with Crippen LogP contribution in [0.1, 0.15) is 34.1 Å². The Bertz CT molecular complexity index is 692. The van der Waals surface area contributed by atoms with E-state index in [1.165, 1.54) is 15.9 Å². The fourth-order valence-corrected chi connectivity index (χ4v) is 8.51. The van der Waals surface area contributed by atoms with Crippen LogP contribution in [-0.4, -0.2) is 27.6 Å². The summed E-state index contributed by atoms with van der Waals surface area (Å²) in [6.45, 7) is 10.4. The summed E-state index contributed by atoms with van der Waals surface area (Å²) in [7, 11) is -2.45. The Hall–Kier alpha value is -1.68. The van der Waals surface area contributed by atoms with Crippen molar-refractivity contribution in [1.29, 1.82) is 0 Å². The molecule has 2 nitrogen and oxygen atoms in total. The molecule has 0 unspecified atom stereocenters. The molecule has 0 N–H and O–H groups in total. The molecule has 2 aromatic rings. The van der Waals surface area contributed by atoms with Crippen molar-refractivity contribution in [3.8, 4) is 0 Å². The van der Waals surface area contributed by atoms with Crippen LogP contribution in [0.15, 0.2) is 72.3 Å². The van der Waals surface area contributed by atoms with E-state index in [1.807, 2.05) is 0 Å². The Kier molecular flexibility index (Phi) is 5.81. The molecule has 1 aliphatic rings. The van der Waals surface area contributed by atoms with Gasteiger partial charge in [-0.05, 0) is 28.8 Å². The van der Waals surface area contributed by atoms with Gasteiger partial charge in [0, 0.05) is 0 Å². The van der Waals surface area contributed by atoms with Gasteiger partial charge in [-0.3, -0.25) is 0 Å². The summed E-state index contributed by atoms with van der Waals surface area (Å²) in [5.41, 5.74) is 1.40. The zero-order chi connectivity index (χ0) is 18.6. The number of rotatable bonds is 5. The molecule has 1 atom stereocenters. The normalized spacial score (nSPS) is 18.5. The molecule has 138 valence electrons. The van der Waals surface area contributed by atoms with Crippen molar-refractivity contribution in [2.45, 2.75) is 45.3 Å². The number of hydrogen-bond acceptors (Lipinski definition) is 2. The summed E-state index contributed by atoms with van der Waals surface area (Å²) >= 11 is 0. The fourth-order valence-electron chi connectivity index (χ4n) is 3.91. The fraction of sp³-hybridized carbons (Fsp3) is 0.391. The zero-order valence-electron chi connectivity index (χ0n) is 16.4. The predicted octanol–water partition coefficient (Wildman–Crippen LogP) is 4.30. The quantitative estimate of drug-likeness (QED) is 0.580. The van der Waals surface area contributed by atoms with Crippen LogP contribution in [0.2, 0.25) is 5.04 Å². The van der Waals surface area contributed by atoms with Crippen molar-refractivity contribution in [2.75, 3.05) is 13.2 Å². The van der Waals surface area contributed by atoms with Gasteiger partial charge < -0.3 is 9.16 Å². The molecule has 0 aliphatic carbocycles. The maximum Gasteiger partial charge on any atom is 0.261 e. The molecule has 0 fully saturated rings. The van der Waals surface area contributed by atoms with E-state index in [-0.39, 0.29) is 11.1 Å². The van der Waals surface area contributed by atoms with Crippen LogP contribution in [0.25, 0.3) is 0 Å². The minimum Gasteiger partial charge on any atom is -0.405 e. The van der Waals surface area contributed by atoms with Gasteiger partial charge in [-0.2, -0.15) is 0 Å². The Labute approximate surface area is 159 Å². The van der Waals surface area contributed by atoms with E-state index in [2.05, 4.69) is 94.4 Å². The highest BCUT2D eigenvalue weighted by atomic mass is 28.4. The molecule has 0 amide bonds. The number of benzene rings is 2. The van der Waals surface area contributed by atoms with Crippen molar-refractivity contribution in [2.24, 2.45) is 0 Å². The summed E-state index contributed by atoms with van der Waals surface area (Å²) in [5.74, 6) is 0. The van der Waals surface area contributed by atoms with Gasteiger partial charge in [-0.15, -0.1) is 0 Å². The molecule has 26 heavy (non-hydrogen) atoms. The predicted molar refractivity (Wildman–Crippen MR) is 112 cm³/mol. The van der Waals surface area contributed by atoms with Gasteiger partial charge >= 0.3 is 0 Å². The van der Waals surface area contributed by atoms with Crippen molar-refractivity contribution < 1.29 is 9.16 Å². The maximum atomic E-state index is 6.94. The van der Waals surface area contributed by atoms with E-state index in [0.717, 1.165) is 6.42 Å². The molecular weight excluding hydrogens is 336 g/mol. The highest BCUT2D eigenvalue weighted by Crippen LogP contribution is 2.37. The van der Waals surface area contributed by atoms with Crippen LogP contribution < -0.4 is 10.4 Å². The first kappa shape index (κ1) is 19.1. The SMILES string of the molecule is CC1=CCO[C@H](CO[Si](c2ccccc2)(c2ccccc2)C(C)(C)C)C1. The first-order valence-corrected chi connectivity index (χ1v) is 11.4. The second-order valence-electron chi connectivity index (χ2n) is 8.18. The largest absolute Gasteiger partial charge is 0.405 e. The van der Waals surface area contributed by atoms with E-state index in [4.69, 9.17) is 9.16 Å². The van der Waals surface area contributed by atoms with Crippen LogP contribution >= 0.6 is 0 Å². The lowest BCUT2D eigenvalue weighted by Gasteiger charge is -2.43. The van der Waals surface area contributed by atoms with Gasteiger partial charge in [0.1, 0.15) is 0 Å². The van der Waals surface area contributed by atoms with Gasteiger partial charge in [0.15, 0.2) is 0 Å². The summed E-state index contributed by atoms with van der Waals surface area (Å²) < 4.78 is 12.9. The molecule has 0 bridgehead atoms. The van der Waals surface area contributed by atoms with Crippen molar-refractivity contribution in [3.63, 3.8) is 0 Å². The Morgan fingerprint density at radius 3 is 1.96 bits per heavy atom. The zero-order valence-corrected chi connectivity index (χ0v) is 17.4. The summed E-state index contributed by atoms with van der Waals surface area (Å²) in [5, 5.41) is 2.65. The lowest BCUT2D eigenvalue weighted by Crippen LogP contribution is -2.67. The summed E-state index contributed by atoms with van der Waals surface area (Å²) in [4.78, 5) is 0. The van der Waals surface area contributed by atoms with Gasteiger partial charge in [0.05, 0.1) is 19.3 Å². The molecule has 0 radical (unpaired) electrons. The average Bonchev–Trinajstić information content (AvgIpc) is 2.63. The van der Waals surface area contributed by atoms with Crippen LogP contribution in [-0.2, 0) is 9.16 Å².